The molecule has 0 aromatic heterocycles. The Morgan fingerprint density at radius 2 is 1.42 bits per heavy atom. The van der Waals surface area contributed by atoms with Crippen molar-refractivity contribution in [1.29, 1.82) is 0 Å². The third-order valence-electron chi connectivity index (χ3n) is 4.79. The van der Waals surface area contributed by atoms with E-state index in [1.165, 1.54) is 11.1 Å². The molecule has 0 aliphatic rings. The molecule has 2 aromatic rings. The number of hydrogen-bond acceptors (Lipinski definition) is 3. The molecule has 0 radical (unpaired) electrons. The number of hydrogen-bond donors (Lipinski definition) is 0. The van der Waals surface area contributed by atoms with Gasteiger partial charge in [0.2, 0.25) is 0 Å². The molecule has 2 atom stereocenters. The minimum Gasteiger partial charge on any atom is -0.356 e. The molecule has 0 saturated carbocycles. The molecule has 0 amide bonds. The van der Waals surface area contributed by atoms with Crippen LogP contribution in [0.2, 0.25) is 0 Å². The van der Waals surface area contributed by atoms with Gasteiger partial charge in [-0.05, 0) is 63.5 Å². The first kappa shape index (κ1) is 20.3. The minimum absolute atomic E-state index is 0.224. The van der Waals surface area contributed by atoms with Crippen LogP contribution in [0.25, 0.3) is 0 Å². The van der Waals surface area contributed by atoms with E-state index in [4.69, 9.17) is 4.74 Å². The third kappa shape index (κ3) is 7.49. The number of nitrogens with zero attached hydrogens (tertiary/aromatic N) is 2. The summed E-state index contributed by atoms with van der Waals surface area (Å²) >= 11 is 0. The predicted molar refractivity (Wildman–Crippen MR) is 108 cm³/mol. The van der Waals surface area contributed by atoms with E-state index < -0.39 is 5.72 Å². The third-order valence-corrected chi connectivity index (χ3v) is 4.79. The van der Waals surface area contributed by atoms with Crippen LogP contribution in [-0.2, 0) is 17.6 Å². The molecule has 2 rings (SSSR count). The SMILES string of the molecule is COC(C)(CCCc1ccccc1)N=NC(C)CCCc1ccccc1. The summed E-state index contributed by atoms with van der Waals surface area (Å²) < 4.78 is 5.64. The van der Waals surface area contributed by atoms with E-state index in [9.17, 15) is 0 Å². The summed E-state index contributed by atoms with van der Waals surface area (Å²) in [4.78, 5) is 0. The Morgan fingerprint density at radius 1 is 0.885 bits per heavy atom. The largest absolute Gasteiger partial charge is 0.356 e. The van der Waals surface area contributed by atoms with Gasteiger partial charge in [-0.2, -0.15) is 10.2 Å². The van der Waals surface area contributed by atoms with Crippen molar-refractivity contribution in [2.45, 2.75) is 64.1 Å². The van der Waals surface area contributed by atoms with E-state index >= 15 is 0 Å². The molecule has 3 nitrogen and oxygen atoms in total. The first-order valence-electron chi connectivity index (χ1n) is 9.66. The molecule has 0 N–H and O–H groups in total. The summed E-state index contributed by atoms with van der Waals surface area (Å²) in [6, 6.07) is 21.4. The number of methoxy groups -OCH3 is 1. The van der Waals surface area contributed by atoms with Gasteiger partial charge in [-0.3, -0.25) is 0 Å². The molecule has 0 aliphatic carbocycles. The zero-order chi connectivity index (χ0) is 18.7. The molecule has 0 spiro atoms. The Labute approximate surface area is 158 Å². The maximum absolute atomic E-state index is 5.64. The summed E-state index contributed by atoms with van der Waals surface area (Å²) in [5, 5.41) is 9.06. The average molecular weight is 353 g/mol. The lowest BCUT2D eigenvalue weighted by atomic mass is 10.0. The van der Waals surface area contributed by atoms with Gasteiger partial charge in [0.15, 0.2) is 5.72 Å². The molecule has 3 heteroatoms. The number of rotatable bonds is 11. The van der Waals surface area contributed by atoms with E-state index in [0.29, 0.717) is 0 Å². The highest BCUT2D eigenvalue weighted by Crippen LogP contribution is 2.22. The molecule has 140 valence electrons. The number of benzene rings is 2. The molecule has 2 aromatic carbocycles. The maximum atomic E-state index is 5.64. The van der Waals surface area contributed by atoms with Crippen molar-refractivity contribution < 1.29 is 4.74 Å². The lowest BCUT2D eigenvalue weighted by Gasteiger charge is -2.22. The fourth-order valence-corrected chi connectivity index (χ4v) is 2.98. The predicted octanol–water partition coefficient (Wildman–Crippen LogP) is 6.24. The average Bonchev–Trinajstić information content (AvgIpc) is 2.68. The maximum Gasteiger partial charge on any atom is 0.175 e. The lowest BCUT2D eigenvalue weighted by Crippen LogP contribution is -2.24. The van der Waals surface area contributed by atoms with E-state index in [1.807, 2.05) is 6.92 Å². The van der Waals surface area contributed by atoms with Crippen molar-refractivity contribution in [2.24, 2.45) is 10.2 Å². The molecule has 0 bridgehead atoms. The van der Waals surface area contributed by atoms with Gasteiger partial charge in [0.05, 0.1) is 6.04 Å². The standard InChI is InChI=1S/C23H32N2O/c1-20(12-10-17-21-13-6-4-7-14-21)24-25-23(2,26-3)19-11-18-22-15-8-5-9-16-22/h4-9,13-16,20H,10-12,17-19H2,1-3H3. The fraction of sp³-hybridized carbons (Fsp3) is 0.478. The Hall–Kier alpha value is -2.00. The smallest absolute Gasteiger partial charge is 0.175 e. The van der Waals surface area contributed by atoms with Crippen LogP contribution in [0.1, 0.15) is 50.7 Å². The van der Waals surface area contributed by atoms with Crippen molar-refractivity contribution in [1.82, 2.24) is 0 Å². The Bertz CT molecular complexity index is 642. The van der Waals surface area contributed by atoms with Gasteiger partial charge in [0, 0.05) is 7.11 Å². The zero-order valence-corrected chi connectivity index (χ0v) is 16.4. The van der Waals surface area contributed by atoms with Gasteiger partial charge in [0.25, 0.3) is 0 Å². The molecule has 0 saturated heterocycles. The number of ether oxygens (including phenoxy) is 1. The molecule has 0 heterocycles. The van der Waals surface area contributed by atoms with Crippen LogP contribution in [0.4, 0.5) is 0 Å². The van der Waals surface area contributed by atoms with Crippen molar-refractivity contribution in [2.75, 3.05) is 7.11 Å². The van der Waals surface area contributed by atoms with Crippen molar-refractivity contribution in [3.8, 4) is 0 Å². The number of azo groups is 1. The van der Waals surface area contributed by atoms with Crippen LogP contribution in [0.15, 0.2) is 70.9 Å². The summed E-state index contributed by atoms with van der Waals surface area (Å²) in [7, 11) is 1.72. The Kier molecular flexibility index (Phi) is 8.49. The van der Waals surface area contributed by atoms with Crippen molar-refractivity contribution in [3.05, 3.63) is 71.8 Å². The van der Waals surface area contributed by atoms with Crippen LogP contribution < -0.4 is 0 Å². The second-order valence-corrected chi connectivity index (χ2v) is 7.16. The van der Waals surface area contributed by atoms with Gasteiger partial charge in [0.1, 0.15) is 0 Å². The highest BCUT2D eigenvalue weighted by atomic mass is 16.5. The van der Waals surface area contributed by atoms with Gasteiger partial charge in [-0.25, -0.2) is 0 Å². The highest BCUT2D eigenvalue weighted by molar-refractivity contribution is 5.15. The van der Waals surface area contributed by atoms with Gasteiger partial charge in [-0.15, -0.1) is 0 Å². The molecular formula is C23H32N2O. The van der Waals surface area contributed by atoms with Crippen molar-refractivity contribution in [3.63, 3.8) is 0 Å². The van der Waals surface area contributed by atoms with Gasteiger partial charge < -0.3 is 4.74 Å². The molecule has 0 fully saturated rings. The van der Waals surface area contributed by atoms with Gasteiger partial charge >= 0.3 is 0 Å². The monoisotopic (exact) mass is 352 g/mol. The Morgan fingerprint density at radius 3 is 1.96 bits per heavy atom. The quantitative estimate of drug-likeness (QED) is 0.441. The van der Waals surface area contributed by atoms with Crippen molar-refractivity contribution >= 4 is 0 Å². The molecule has 26 heavy (non-hydrogen) atoms. The molecular weight excluding hydrogens is 320 g/mol. The first-order chi connectivity index (χ1) is 12.6. The highest BCUT2D eigenvalue weighted by Gasteiger charge is 2.22. The van der Waals surface area contributed by atoms with Gasteiger partial charge in [-0.1, -0.05) is 60.7 Å². The summed E-state index contributed by atoms with van der Waals surface area (Å²) in [5.41, 5.74) is 2.22. The van der Waals surface area contributed by atoms with Crippen LogP contribution >= 0.6 is 0 Å². The van der Waals surface area contributed by atoms with E-state index in [-0.39, 0.29) is 6.04 Å². The number of aryl methyl sites for hydroxylation is 2. The van der Waals surface area contributed by atoms with Crippen LogP contribution in [0.5, 0.6) is 0 Å². The summed E-state index contributed by atoms with van der Waals surface area (Å²) in [5.74, 6) is 0. The summed E-state index contributed by atoms with van der Waals surface area (Å²) in [6.07, 6.45) is 6.22. The molecule has 0 aliphatic heterocycles. The topological polar surface area (TPSA) is 34.0 Å². The minimum atomic E-state index is -0.525. The molecule has 2 unspecified atom stereocenters. The van der Waals surface area contributed by atoms with E-state index in [0.717, 1.165) is 38.5 Å². The second-order valence-electron chi connectivity index (χ2n) is 7.16. The van der Waals surface area contributed by atoms with E-state index in [2.05, 4.69) is 77.8 Å². The second kappa shape index (κ2) is 10.9. The lowest BCUT2D eigenvalue weighted by molar-refractivity contribution is -0.00228. The van der Waals surface area contributed by atoms with E-state index in [1.54, 1.807) is 7.11 Å². The fourth-order valence-electron chi connectivity index (χ4n) is 2.98. The summed E-state index contributed by atoms with van der Waals surface area (Å²) in [6.45, 7) is 4.16. The normalized spacial score (nSPS) is 15.0. The Balaban J connectivity index is 1.73. The van der Waals surface area contributed by atoms with Crippen LogP contribution in [-0.4, -0.2) is 18.9 Å². The van der Waals surface area contributed by atoms with Crippen LogP contribution in [0.3, 0.4) is 0 Å². The van der Waals surface area contributed by atoms with Crippen LogP contribution in [0, 0.1) is 0 Å². The zero-order valence-electron chi connectivity index (χ0n) is 16.4. The first-order valence-corrected chi connectivity index (χ1v) is 9.66.